The van der Waals surface area contributed by atoms with Gasteiger partial charge in [0, 0.05) is 25.7 Å². The minimum atomic E-state index is -0.214. The topological polar surface area (TPSA) is 35.5 Å². The summed E-state index contributed by atoms with van der Waals surface area (Å²) in [5.74, 6) is 0. The van der Waals surface area contributed by atoms with E-state index in [2.05, 4.69) is 34.5 Å². The van der Waals surface area contributed by atoms with Crippen LogP contribution in [0.25, 0.3) is 0 Å². The average Bonchev–Trinajstić information content (AvgIpc) is 2.39. The van der Waals surface area contributed by atoms with E-state index in [9.17, 15) is 5.11 Å². The molecule has 1 saturated heterocycles. The van der Waals surface area contributed by atoms with E-state index in [1.165, 1.54) is 11.1 Å². The van der Waals surface area contributed by atoms with Crippen LogP contribution in [0.4, 0.5) is 0 Å². The van der Waals surface area contributed by atoms with E-state index in [-0.39, 0.29) is 6.10 Å². The first-order chi connectivity index (χ1) is 8.34. The number of hydrogen-bond donors (Lipinski definition) is 2. The predicted molar refractivity (Wildman–Crippen MR) is 67.8 cm³/mol. The zero-order valence-corrected chi connectivity index (χ0v) is 10.1. The van der Waals surface area contributed by atoms with Crippen molar-refractivity contribution in [2.24, 2.45) is 0 Å². The number of hydrogen-bond acceptors (Lipinski definition) is 3. The van der Waals surface area contributed by atoms with E-state index in [0.717, 1.165) is 39.0 Å². The maximum absolute atomic E-state index is 10.1. The fourth-order valence-corrected chi connectivity index (χ4v) is 3.05. The second-order valence-corrected chi connectivity index (χ2v) is 5.12. The molecule has 0 aliphatic carbocycles. The monoisotopic (exact) mass is 232 g/mol. The molecular weight excluding hydrogens is 212 g/mol. The lowest BCUT2D eigenvalue weighted by atomic mass is 9.95. The normalized spacial score (nSPS) is 29.9. The number of nitrogens with one attached hydrogen (secondary N) is 1. The van der Waals surface area contributed by atoms with Gasteiger partial charge >= 0.3 is 0 Å². The second kappa shape index (κ2) is 4.77. The fourth-order valence-electron chi connectivity index (χ4n) is 3.05. The number of benzene rings is 1. The number of β-amino-alcohol motifs (C(OH)–C–C–N with tert-alkyl or cyclic N) is 1. The second-order valence-electron chi connectivity index (χ2n) is 5.12. The third kappa shape index (κ3) is 2.23. The largest absolute Gasteiger partial charge is 0.390 e. The molecular formula is C14H20N2O. The molecule has 1 aromatic carbocycles. The Morgan fingerprint density at radius 2 is 2.06 bits per heavy atom. The first-order valence-electron chi connectivity index (χ1n) is 6.54. The molecule has 3 rings (SSSR count). The van der Waals surface area contributed by atoms with Crippen LogP contribution in [-0.4, -0.2) is 41.8 Å². The van der Waals surface area contributed by atoms with Gasteiger partial charge in [-0.2, -0.15) is 0 Å². The first-order valence-corrected chi connectivity index (χ1v) is 6.54. The van der Waals surface area contributed by atoms with Crippen molar-refractivity contribution in [3.8, 4) is 0 Å². The Bertz CT molecular complexity index is 394. The third-order valence-electron chi connectivity index (χ3n) is 4.04. The average molecular weight is 232 g/mol. The Morgan fingerprint density at radius 3 is 2.88 bits per heavy atom. The molecule has 0 radical (unpaired) electrons. The molecule has 0 spiro atoms. The van der Waals surface area contributed by atoms with Crippen LogP contribution in [0.1, 0.15) is 17.5 Å². The van der Waals surface area contributed by atoms with Crippen molar-refractivity contribution in [1.82, 2.24) is 10.2 Å². The smallest absolute Gasteiger partial charge is 0.0820 e. The Morgan fingerprint density at radius 1 is 1.24 bits per heavy atom. The molecule has 2 aliphatic heterocycles. The van der Waals surface area contributed by atoms with Gasteiger partial charge in [0.25, 0.3) is 0 Å². The van der Waals surface area contributed by atoms with E-state index < -0.39 is 0 Å². The van der Waals surface area contributed by atoms with Crippen molar-refractivity contribution in [2.45, 2.75) is 31.5 Å². The van der Waals surface area contributed by atoms with Gasteiger partial charge < -0.3 is 10.4 Å². The van der Waals surface area contributed by atoms with Gasteiger partial charge in [0.1, 0.15) is 0 Å². The molecule has 2 aliphatic rings. The molecule has 0 bridgehead atoms. The van der Waals surface area contributed by atoms with E-state index in [1.54, 1.807) is 0 Å². The maximum atomic E-state index is 10.1. The molecule has 0 saturated carbocycles. The highest BCUT2D eigenvalue weighted by Gasteiger charge is 2.30. The SMILES string of the molecule is O[C@H]1CNCCC1N1CCc2ccccc2C1. The highest BCUT2D eigenvalue weighted by Crippen LogP contribution is 2.23. The molecule has 3 heteroatoms. The summed E-state index contributed by atoms with van der Waals surface area (Å²) in [5, 5.41) is 13.3. The highest BCUT2D eigenvalue weighted by atomic mass is 16.3. The molecule has 1 aromatic rings. The zero-order valence-electron chi connectivity index (χ0n) is 10.1. The molecule has 1 unspecified atom stereocenters. The fraction of sp³-hybridized carbons (Fsp3) is 0.571. The Kier molecular flexibility index (Phi) is 3.14. The lowest BCUT2D eigenvalue weighted by Gasteiger charge is -2.40. The van der Waals surface area contributed by atoms with Crippen molar-refractivity contribution in [2.75, 3.05) is 19.6 Å². The number of aliphatic hydroxyl groups excluding tert-OH is 1. The minimum absolute atomic E-state index is 0.214. The summed E-state index contributed by atoms with van der Waals surface area (Å²) in [6, 6.07) is 9.01. The lowest BCUT2D eigenvalue weighted by Crippen LogP contribution is -2.53. The van der Waals surface area contributed by atoms with E-state index in [4.69, 9.17) is 0 Å². The number of aliphatic hydroxyl groups is 1. The molecule has 0 amide bonds. The number of piperidine rings is 1. The molecule has 2 heterocycles. The minimum Gasteiger partial charge on any atom is -0.390 e. The number of nitrogens with zero attached hydrogens (tertiary/aromatic N) is 1. The maximum Gasteiger partial charge on any atom is 0.0820 e. The molecule has 2 atom stereocenters. The summed E-state index contributed by atoms with van der Waals surface area (Å²) in [6.07, 6.45) is 1.96. The summed E-state index contributed by atoms with van der Waals surface area (Å²) in [6.45, 7) is 3.85. The molecule has 17 heavy (non-hydrogen) atoms. The summed E-state index contributed by atoms with van der Waals surface area (Å²) < 4.78 is 0. The van der Waals surface area contributed by atoms with Crippen molar-refractivity contribution < 1.29 is 5.11 Å². The van der Waals surface area contributed by atoms with Crippen LogP contribution in [0.3, 0.4) is 0 Å². The van der Waals surface area contributed by atoms with Crippen LogP contribution >= 0.6 is 0 Å². The van der Waals surface area contributed by atoms with Crippen LogP contribution in [0.2, 0.25) is 0 Å². The molecule has 92 valence electrons. The zero-order chi connectivity index (χ0) is 11.7. The van der Waals surface area contributed by atoms with Gasteiger partial charge in [0.2, 0.25) is 0 Å². The lowest BCUT2D eigenvalue weighted by molar-refractivity contribution is 0.0220. The van der Waals surface area contributed by atoms with Crippen molar-refractivity contribution in [3.63, 3.8) is 0 Å². The van der Waals surface area contributed by atoms with Crippen LogP contribution in [0, 0.1) is 0 Å². The molecule has 0 aromatic heterocycles. The highest BCUT2D eigenvalue weighted by molar-refractivity contribution is 5.29. The molecule has 1 fully saturated rings. The molecule has 2 N–H and O–H groups in total. The summed E-state index contributed by atoms with van der Waals surface area (Å²) in [5.41, 5.74) is 2.91. The van der Waals surface area contributed by atoms with Crippen molar-refractivity contribution in [3.05, 3.63) is 35.4 Å². The van der Waals surface area contributed by atoms with Crippen LogP contribution in [0.5, 0.6) is 0 Å². The van der Waals surface area contributed by atoms with E-state index in [0.29, 0.717) is 6.04 Å². The summed E-state index contributed by atoms with van der Waals surface area (Å²) in [7, 11) is 0. The predicted octanol–water partition coefficient (Wildman–Crippen LogP) is 0.767. The van der Waals surface area contributed by atoms with Crippen molar-refractivity contribution in [1.29, 1.82) is 0 Å². The number of rotatable bonds is 1. The van der Waals surface area contributed by atoms with Gasteiger partial charge in [-0.1, -0.05) is 24.3 Å². The quantitative estimate of drug-likeness (QED) is 0.750. The number of fused-ring (bicyclic) bond motifs is 1. The Hall–Kier alpha value is -0.900. The third-order valence-corrected chi connectivity index (χ3v) is 4.04. The Labute approximate surface area is 102 Å². The standard InChI is InChI=1S/C14H20N2O/c17-14-9-15-7-5-13(14)16-8-6-11-3-1-2-4-12(11)10-16/h1-4,13-15,17H,5-10H2/t13?,14-/m0/s1. The van der Waals surface area contributed by atoms with Crippen LogP contribution < -0.4 is 5.32 Å². The van der Waals surface area contributed by atoms with Crippen molar-refractivity contribution >= 4 is 0 Å². The summed E-state index contributed by atoms with van der Waals surface area (Å²) >= 11 is 0. The van der Waals surface area contributed by atoms with Crippen LogP contribution in [0.15, 0.2) is 24.3 Å². The van der Waals surface area contributed by atoms with Gasteiger partial charge in [0.15, 0.2) is 0 Å². The van der Waals surface area contributed by atoms with Gasteiger partial charge in [0.05, 0.1) is 6.10 Å². The van der Waals surface area contributed by atoms with E-state index in [1.807, 2.05) is 0 Å². The van der Waals surface area contributed by atoms with Gasteiger partial charge in [-0.15, -0.1) is 0 Å². The first kappa shape index (κ1) is 11.2. The van der Waals surface area contributed by atoms with E-state index >= 15 is 0 Å². The summed E-state index contributed by atoms with van der Waals surface area (Å²) in [4.78, 5) is 2.45. The van der Waals surface area contributed by atoms with Gasteiger partial charge in [-0.05, 0) is 30.5 Å². The Balaban J connectivity index is 1.75. The van der Waals surface area contributed by atoms with Gasteiger partial charge in [-0.3, -0.25) is 4.90 Å². The van der Waals surface area contributed by atoms with Gasteiger partial charge in [-0.25, -0.2) is 0 Å². The van der Waals surface area contributed by atoms with Crippen LogP contribution in [-0.2, 0) is 13.0 Å². The molecule has 3 nitrogen and oxygen atoms in total.